The van der Waals surface area contributed by atoms with E-state index in [1.807, 2.05) is 18.2 Å². The summed E-state index contributed by atoms with van der Waals surface area (Å²) in [6, 6.07) is 14.4. The molecule has 1 fully saturated rings. The Hall–Kier alpha value is -2.36. The summed E-state index contributed by atoms with van der Waals surface area (Å²) in [4.78, 5) is 25.5. The number of rotatable bonds is 6. The summed E-state index contributed by atoms with van der Waals surface area (Å²) >= 11 is 0. The molecule has 0 aromatic heterocycles. The molecule has 24 heavy (non-hydrogen) atoms. The minimum absolute atomic E-state index is 0.0719. The Kier molecular flexibility index (Phi) is 4.56. The molecular formula is C20H23NO3. The summed E-state index contributed by atoms with van der Waals surface area (Å²) < 4.78 is 0. The summed E-state index contributed by atoms with van der Waals surface area (Å²) in [5, 5.41) is 11.8. The van der Waals surface area contributed by atoms with Crippen LogP contribution in [0.2, 0.25) is 0 Å². The molecule has 1 amide bonds. The van der Waals surface area contributed by atoms with Crippen molar-refractivity contribution in [3.8, 4) is 0 Å². The molecule has 1 aliphatic rings. The van der Waals surface area contributed by atoms with E-state index in [-0.39, 0.29) is 12.3 Å². The third-order valence-electron chi connectivity index (χ3n) is 5.28. The summed E-state index contributed by atoms with van der Waals surface area (Å²) in [5.74, 6) is -0.901. The van der Waals surface area contributed by atoms with Crippen LogP contribution in [0.1, 0.15) is 31.2 Å². The lowest BCUT2D eigenvalue weighted by molar-refractivity contribution is -0.159. The van der Waals surface area contributed by atoms with Crippen LogP contribution in [0.5, 0.6) is 0 Å². The normalized spacial score (nSPS) is 15.7. The number of carboxylic acid groups (broad SMARTS) is 1. The van der Waals surface area contributed by atoms with Crippen LogP contribution in [0, 0.1) is 5.41 Å². The Morgan fingerprint density at radius 3 is 2.50 bits per heavy atom. The van der Waals surface area contributed by atoms with Crippen molar-refractivity contribution in [1.82, 2.24) is 4.90 Å². The van der Waals surface area contributed by atoms with Gasteiger partial charge in [-0.3, -0.25) is 9.59 Å². The smallest absolute Gasteiger partial charge is 0.310 e. The molecule has 0 radical (unpaired) electrons. The number of carboxylic acids is 1. The lowest BCUT2D eigenvalue weighted by Gasteiger charge is -2.38. The van der Waals surface area contributed by atoms with Gasteiger partial charge in [-0.25, -0.2) is 0 Å². The highest BCUT2D eigenvalue weighted by atomic mass is 16.4. The number of carbonyl (C=O) groups is 2. The average molecular weight is 325 g/mol. The number of amides is 1. The zero-order chi connectivity index (χ0) is 17.2. The van der Waals surface area contributed by atoms with Gasteiger partial charge in [0.15, 0.2) is 0 Å². The predicted octanol–water partition coefficient (Wildman–Crippen LogP) is 3.49. The second-order valence-electron chi connectivity index (χ2n) is 6.82. The second kappa shape index (κ2) is 6.63. The third kappa shape index (κ3) is 3.14. The second-order valence-corrected chi connectivity index (χ2v) is 6.82. The molecule has 0 spiro atoms. The molecular weight excluding hydrogens is 302 g/mol. The predicted molar refractivity (Wildman–Crippen MR) is 93.8 cm³/mol. The SMILES string of the molecule is CN(CCc1cccc2ccccc12)C(=O)CC1(C(=O)O)CCC1. The minimum Gasteiger partial charge on any atom is -0.481 e. The van der Waals surface area contributed by atoms with Gasteiger partial charge in [0, 0.05) is 20.0 Å². The Bertz CT molecular complexity index is 759. The molecule has 0 heterocycles. The van der Waals surface area contributed by atoms with Crippen LogP contribution in [0.4, 0.5) is 0 Å². The maximum absolute atomic E-state index is 12.4. The quantitative estimate of drug-likeness (QED) is 0.884. The molecule has 2 aromatic carbocycles. The average Bonchev–Trinajstić information content (AvgIpc) is 2.55. The zero-order valence-corrected chi connectivity index (χ0v) is 14.0. The van der Waals surface area contributed by atoms with E-state index >= 15 is 0 Å². The fraction of sp³-hybridized carbons (Fsp3) is 0.400. The fourth-order valence-electron chi connectivity index (χ4n) is 3.42. The van der Waals surface area contributed by atoms with Crippen molar-refractivity contribution in [2.75, 3.05) is 13.6 Å². The number of nitrogens with zero attached hydrogens (tertiary/aromatic N) is 1. The number of aliphatic carboxylic acids is 1. The van der Waals surface area contributed by atoms with Gasteiger partial charge in [-0.1, -0.05) is 48.9 Å². The summed E-state index contributed by atoms with van der Waals surface area (Å²) in [5.41, 5.74) is 0.398. The molecule has 0 bridgehead atoms. The Morgan fingerprint density at radius 2 is 1.83 bits per heavy atom. The number of fused-ring (bicyclic) bond motifs is 1. The van der Waals surface area contributed by atoms with Crippen LogP contribution >= 0.6 is 0 Å². The first-order valence-electron chi connectivity index (χ1n) is 8.46. The minimum atomic E-state index is -0.829. The van der Waals surface area contributed by atoms with Crippen molar-refractivity contribution in [3.63, 3.8) is 0 Å². The molecule has 1 N–H and O–H groups in total. The van der Waals surface area contributed by atoms with Crippen molar-refractivity contribution in [2.45, 2.75) is 32.1 Å². The van der Waals surface area contributed by atoms with Crippen LogP contribution in [0.3, 0.4) is 0 Å². The summed E-state index contributed by atoms with van der Waals surface area (Å²) in [6.07, 6.45) is 3.02. The Morgan fingerprint density at radius 1 is 1.12 bits per heavy atom. The Balaban J connectivity index is 1.63. The molecule has 3 rings (SSSR count). The number of benzene rings is 2. The summed E-state index contributed by atoms with van der Waals surface area (Å²) in [7, 11) is 1.77. The van der Waals surface area contributed by atoms with E-state index < -0.39 is 11.4 Å². The molecule has 1 aliphatic carbocycles. The van der Waals surface area contributed by atoms with Crippen molar-refractivity contribution < 1.29 is 14.7 Å². The molecule has 0 saturated heterocycles. The highest BCUT2D eigenvalue weighted by molar-refractivity contribution is 5.86. The van der Waals surface area contributed by atoms with Crippen molar-refractivity contribution in [3.05, 3.63) is 48.0 Å². The molecule has 0 atom stereocenters. The van der Waals surface area contributed by atoms with E-state index in [0.29, 0.717) is 19.4 Å². The van der Waals surface area contributed by atoms with Crippen LogP contribution in [-0.4, -0.2) is 35.5 Å². The van der Waals surface area contributed by atoms with Gasteiger partial charge in [0.1, 0.15) is 0 Å². The van der Waals surface area contributed by atoms with Gasteiger partial charge < -0.3 is 10.0 Å². The highest BCUT2D eigenvalue weighted by Crippen LogP contribution is 2.44. The molecule has 4 heteroatoms. The summed E-state index contributed by atoms with van der Waals surface area (Å²) in [6.45, 7) is 0.600. The van der Waals surface area contributed by atoms with E-state index in [9.17, 15) is 14.7 Å². The van der Waals surface area contributed by atoms with Gasteiger partial charge in [0.25, 0.3) is 0 Å². The maximum Gasteiger partial charge on any atom is 0.310 e. The van der Waals surface area contributed by atoms with Crippen molar-refractivity contribution >= 4 is 22.6 Å². The van der Waals surface area contributed by atoms with Gasteiger partial charge in [0.2, 0.25) is 5.91 Å². The van der Waals surface area contributed by atoms with Gasteiger partial charge in [-0.15, -0.1) is 0 Å². The maximum atomic E-state index is 12.4. The third-order valence-corrected chi connectivity index (χ3v) is 5.28. The van der Waals surface area contributed by atoms with Crippen LogP contribution in [-0.2, 0) is 16.0 Å². The molecule has 126 valence electrons. The fourth-order valence-corrected chi connectivity index (χ4v) is 3.42. The van der Waals surface area contributed by atoms with E-state index in [1.54, 1.807) is 11.9 Å². The van der Waals surface area contributed by atoms with Gasteiger partial charge >= 0.3 is 5.97 Å². The standard InChI is InChI=1S/C20H23NO3/c1-21(18(22)14-20(19(23)24)11-5-12-20)13-10-16-8-4-7-15-6-2-3-9-17(15)16/h2-4,6-9H,5,10-14H2,1H3,(H,23,24). The van der Waals surface area contributed by atoms with Crippen LogP contribution in [0.25, 0.3) is 10.8 Å². The van der Waals surface area contributed by atoms with Crippen molar-refractivity contribution in [2.24, 2.45) is 5.41 Å². The van der Waals surface area contributed by atoms with E-state index in [1.165, 1.54) is 16.3 Å². The molecule has 2 aromatic rings. The van der Waals surface area contributed by atoms with Crippen molar-refractivity contribution in [1.29, 1.82) is 0 Å². The van der Waals surface area contributed by atoms with Crippen LogP contribution < -0.4 is 0 Å². The van der Waals surface area contributed by atoms with Gasteiger partial charge in [-0.05, 0) is 35.6 Å². The first kappa shape index (κ1) is 16.5. The van der Waals surface area contributed by atoms with Gasteiger partial charge in [0.05, 0.1) is 5.41 Å². The van der Waals surface area contributed by atoms with E-state index in [0.717, 1.165) is 12.8 Å². The molecule has 4 nitrogen and oxygen atoms in total. The molecule has 0 unspecified atom stereocenters. The molecule has 1 saturated carbocycles. The largest absolute Gasteiger partial charge is 0.481 e. The van der Waals surface area contributed by atoms with E-state index in [2.05, 4.69) is 24.3 Å². The topological polar surface area (TPSA) is 57.6 Å². The number of carbonyl (C=O) groups excluding carboxylic acids is 1. The molecule has 0 aliphatic heterocycles. The number of hydrogen-bond acceptors (Lipinski definition) is 2. The van der Waals surface area contributed by atoms with Crippen LogP contribution in [0.15, 0.2) is 42.5 Å². The van der Waals surface area contributed by atoms with Gasteiger partial charge in [-0.2, -0.15) is 0 Å². The highest BCUT2D eigenvalue weighted by Gasteiger charge is 2.46. The van der Waals surface area contributed by atoms with E-state index in [4.69, 9.17) is 0 Å². The zero-order valence-electron chi connectivity index (χ0n) is 14.0. The first-order chi connectivity index (χ1) is 11.5. The number of likely N-dealkylation sites (N-methyl/N-ethyl adjacent to an activating group) is 1. The Labute approximate surface area is 142 Å². The monoisotopic (exact) mass is 325 g/mol. The lowest BCUT2D eigenvalue weighted by atomic mass is 9.66. The first-order valence-corrected chi connectivity index (χ1v) is 8.46. The lowest BCUT2D eigenvalue weighted by Crippen LogP contribution is -2.43. The number of hydrogen-bond donors (Lipinski definition) is 1.